The quantitative estimate of drug-likeness (QED) is 0.514. The number of rotatable bonds is 1. The van der Waals surface area contributed by atoms with Crippen molar-refractivity contribution in [2.75, 3.05) is 0 Å². The number of hydrogen-bond donors (Lipinski definition) is 1. The molecule has 0 unspecified atom stereocenters. The van der Waals surface area contributed by atoms with E-state index in [2.05, 4.69) is 30.2 Å². The maximum atomic E-state index is 12.6. The van der Waals surface area contributed by atoms with Gasteiger partial charge in [0.25, 0.3) is 11.3 Å². The third-order valence-corrected chi connectivity index (χ3v) is 3.09. The third-order valence-electron chi connectivity index (χ3n) is 3.09. The molecule has 0 saturated heterocycles. The normalized spacial score (nSPS) is 11.4. The minimum atomic E-state index is -0.235. The Morgan fingerprint density at radius 1 is 1.25 bits per heavy atom. The monoisotopic (exact) mass is 268 g/mol. The maximum absolute atomic E-state index is 12.6. The van der Waals surface area contributed by atoms with Crippen LogP contribution >= 0.6 is 0 Å². The highest BCUT2D eigenvalue weighted by molar-refractivity contribution is 5.81. The number of pyridine rings is 1. The molecular weight excluding hydrogens is 260 g/mol. The average molecular weight is 268 g/mol. The standard InChI is InChI=1S/C11H8N8O/c1-6-8-7(19-10(16-6)13-5-15-19)2-3-18(9(8)20)11-12-4-14-17-11/h2-5H,1H3,(H,12,14,17). The molecule has 20 heavy (non-hydrogen) atoms. The van der Waals surface area contributed by atoms with Crippen molar-refractivity contribution in [1.82, 2.24) is 39.3 Å². The molecule has 4 heterocycles. The Kier molecular flexibility index (Phi) is 1.99. The van der Waals surface area contributed by atoms with Crippen molar-refractivity contribution in [1.29, 1.82) is 0 Å². The second-order valence-corrected chi connectivity index (χ2v) is 4.23. The van der Waals surface area contributed by atoms with Crippen LogP contribution in [0.3, 0.4) is 0 Å². The molecule has 0 amide bonds. The molecule has 1 N–H and O–H groups in total. The fourth-order valence-electron chi connectivity index (χ4n) is 2.21. The number of aromatic amines is 1. The van der Waals surface area contributed by atoms with Gasteiger partial charge in [-0.25, -0.2) is 10.1 Å². The van der Waals surface area contributed by atoms with Crippen molar-refractivity contribution in [3.05, 3.63) is 41.0 Å². The Morgan fingerprint density at radius 3 is 2.95 bits per heavy atom. The molecule has 9 heteroatoms. The highest BCUT2D eigenvalue weighted by Crippen LogP contribution is 2.14. The molecule has 4 aromatic rings. The smallest absolute Gasteiger partial charge is 0.268 e. The predicted octanol–water partition coefficient (Wildman–Crippen LogP) is -0.145. The zero-order valence-corrected chi connectivity index (χ0v) is 10.3. The first-order chi connectivity index (χ1) is 9.75. The van der Waals surface area contributed by atoms with Crippen LogP contribution in [-0.2, 0) is 0 Å². The van der Waals surface area contributed by atoms with Crippen LogP contribution in [0.1, 0.15) is 5.69 Å². The molecule has 0 atom stereocenters. The van der Waals surface area contributed by atoms with Crippen LogP contribution in [0, 0.1) is 6.92 Å². The van der Waals surface area contributed by atoms with Gasteiger partial charge in [0.15, 0.2) is 0 Å². The van der Waals surface area contributed by atoms with Crippen molar-refractivity contribution >= 4 is 16.7 Å². The molecule has 0 aliphatic rings. The zero-order chi connectivity index (χ0) is 13.7. The first-order valence-corrected chi connectivity index (χ1v) is 5.83. The van der Waals surface area contributed by atoms with E-state index in [1.165, 1.54) is 21.7 Å². The van der Waals surface area contributed by atoms with Crippen LogP contribution < -0.4 is 5.56 Å². The molecule has 9 nitrogen and oxygen atoms in total. The lowest BCUT2D eigenvalue weighted by Gasteiger charge is -2.06. The van der Waals surface area contributed by atoms with Gasteiger partial charge in [-0.3, -0.25) is 9.36 Å². The number of nitrogens with one attached hydrogen (secondary N) is 1. The van der Waals surface area contributed by atoms with E-state index in [0.29, 0.717) is 28.3 Å². The molecule has 0 fully saturated rings. The second kappa shape index (κ2) is 3.70. The van der Waals surface area contributed by atoms with Crippen LogP contribution in [0.15, 0.2) is 29.7 Å². The van der Waals surface area contributed by atoms with Crippen molar-refractivity contribution in [3.8, 4) is 5.95 Å². The fraction of sp³-hybridized carbons (Fsp3) is 0.0909. The topological polar surface area (TPSA) is 107 Å². The van der Waals surface area contributed by atoms with E-state index >= 15 is 0 Å². The Balaban J connectivity index is 2.19. The Labute approximate surface area is 110 Å². The van der Waals surface area contributed by atoms with Gasteiger partial charge in [0.05, 0.1) is 16.6 Å². The molecule has 0 spiro atoms. The van der Waals surface area contributed by atoms with Crippen LogP contribution in [-0.4, -0.2) is 39.3 Å². The van der Waals surface area contributed by atoms with Gasteiger partial charge in [0.2, 0.25) is 5.95 Å². The first-order valence-electron chi connectivity index (χ1n) is 5.83. The summed E-state index contributed by atoms with van der Waals surface area (Å²) in [7, 11) is 0. The first kappa shape index (κ1) is 10.8. The number of aromatic nitrogens is 8. The van der Waals surface area contributed by atoms with E-state index in [0.717, 1.165) is 0 Å². The fourth-order valence-corrected chi connectivity index (χ4v) is 2.21. The van der Waals surface area contributed by atoms with E-state index in [-0.39, 0.29) is 5.56 Å². The van der Waals surface area contributed by atoms with E-state index in [9.17, 15) is 4.79 Å². The Morgan fingerprint density at radius 2 is 2.15 bits per heavy atom. The van der Waals surface area contributed by atoms with Crippen molar-refractivity contribution in [3.63, 3.8) is 0 Å². The van der Waals surface area contributed by atoms with Gasteiger partial charge < -0.3 is 0 Å². The second-order valence-electron chi connectivity index (χ2n) is 4.23. The molecule has 0 aromatic carbocycles. The highest BCUT2D eigenvalue weighted by Gasteiger charge is 2.13. The van der Waals surface area contributed by atoms with E-state index < -0.39 is 0 Å². The van der Waals surface area contributed by atoms with Gasteiger partial charge in [-0.1, -0.05) is 0 Å². The van der Waals surface area contributed by atoms with Gasteiger partial charge in [-0.05, 0) is 13.0 Å². The zero-order valence-electron chi connectivity index (χ0n) is 10.3. The maximum Gasteiger partial charge on any atom is 0.268 e. The predicted molar refractivity (Wildman–Crippen MR) is 68.6 cm³/mol. The minimum Gasteiger partial charge on any atom is -0.268 e. The summed E-state index contributed by atoms with van der Waals surface area (Å²) >= 11 is 0. The molecule has 0 aliphatic carbocycles. The number of H-pyrrole nitrogens is 1. The van der Waals surface area contributed by atoms with Gasteiger partial charge in [0, 0.05) is 6.20 Å². The summed E-state index contributed by atoms with van der Waals surface area (Å²) in [4.78, 5) is 24.9. The molecule has 0 saturated carbocycles. The SMILES string of the molecule is Cc1nc2ncnn2c2ccn(-c3ncn[nH]3)c(=O)c12. The summed E-state index contributed by atoms with van der Waals surface area (Å²) in [5.74, 6) is 0.821. The third kappa shape index (κ3) is 1.31. The van der Waals surface area contributed by atoms with Crippen LogP contribution in [0.2, 0.25) is 0 Å². The molecule has 0 aliphatic heterocycles. The lowest BCUT2D eigenvalue weighted by Crippen LogP contribution is -2.21. The average Bonchev–Trinajstić information content (AvgIpc) is 3.08. The van der Waals surface area contributed by atoms with Crippen LogP contribution in [0.4, 0.5) is 0 Å². The van der Waals surface area contributed by atoms with Crippen molar-refractivity contribution < 1.29 is 0 Å². The van der Waals surface area contributed by atoms with Crippen LogP contribution in [0.25, 0.3) is 22.6 Å². The molecule has 0 radical (unpaired) electrons. The summed E-state index contributed by atoms with van der Waals surface area (Å²) < 4.78 is 2.92. The van der Waals surface area contributed by atoms with Gasteiger partial charge in [-0.15, -0.1) is 0 Å². The van der Waals surface area contributed by atoms with E-state index in [1.54, 1.807) is 19.2 Å². The lowest BCUT2D eigenvalue weighted by atomic mass is 10.2. The van der Waals surface area contributed by atoms with Gasteiger partial charge in [0.1, 0.15) is 12.7 Å². The Hall–Kier alpha value is -3.10. The van der Waals surface area contributed by atoms with Gasteiger partial charge >= 0.3 is 0 Å². The summed E-state index contributed by atoms with van der Waals surface area (Å²) in [6.45, 7) is 1.77. The molecule has 4 aromatic heterocycles. The number of nitrogens with zero attached hydrogens (tertiary/aromatic N) is 7. The summed E-state index contributed by atoms with van der Waals surface area (Å²) in [5.41, 5.74) is 1.02. The number of aryl methyl sites for hydroxylation is 1. The number of hydrogen-bond acceptors (Lipinski definition) is 6. The van der Waals surface area contributed by atoms with Crippen molar-refractivity contribution in [2.24, 2.45) is 0 Å². The van der Waals surface area contributed by atoms with Crippen LogP contribution in [0.5, 0.6) is 0 Å². The minimum absolute atomic E-state index is 0.235. The van der Waals surface area contributed by atoms with Gasteiger partial charge in [-0.2, -0.15) is 24.7 Å². The lowest BCUT2D eigenvalue weighted by molar-refractivity contribution is 0.891. The molecule has 98 valence electrons. The summed E-state index contributed by atoms with van der Waals surface area (Å²) in [5, 5.41) is 11.0. The molecule has 0 bridgehead atoms. The summed E-state index contributed by atoms with van der Waals surface area (Å²) in [6, 6.07) is 1.77. The molecule has 4 rings (SSSR count). The largest absolute Gasteiger partial charge is 0.268 e. The summed E-state index contributed by atoms with van der Waals surface area (Å²) in [6.07, 6.45) is 4.37. The van der Waals surface area contributed by atoms with Crippen molar-refractivity contribution in [2.45, 2.75) is 6.92 Å². The highest BCUT2D eigenvalue weighted by atomic mass is 16.1. The van der Waals surface area contributed by atoms with E-state index in [1.807, 2.05) is 0 Å². The molecular formula is C11H8N8O. The Bertz CT molecular complexity index is 981. The van der Waals surface area contributed by atoms with E-state index in [4.69, 9.17) is 0 Å². The number of fused-ring (bicyclic) bond motifs is 3.